The molecule has 0 atom stereocenters. The van der Waals surface area contributed by atoms with Crippen molar-refractivity contribution in [2.75, 3.05) is 27.2 Å². The van der Waals surface area contributed by atoms with Crippen molar-refractivity contribution >= 4 is 11.6 Å². The zero-order valence-corrected chi connectivity index (χ0v) is 10.9. The molecule has 0 bridgehead atoms. The van der Waals surface area contributed by atoms with Gasteiger partial charge in [0.2, 0.25) is 0 Å². The number of nitro groups is 1. The quantitative estimate of drug-likeness (QED) is 0.481. The van der Waals surface area contributed by atoms with Crippen molar-refractivity contribution in [3.8, 4) is 0 Å². The van der Waals surface area contributed by atoms with Crippen molar-refractivity contribution in [2.45, 2.75) is 6.42 Å². The van der Waals surface area contributed by atoms with Crippen LogP contribution in [0.1, 0.15) is 16.8 Å². The number of carbonyl (C=O) groups is 1. The summed E-state index contributed by atoms with van der Waals surface area (Å²) in [6.45, 7) is 1.16. The molecule has 1 rings (SSSR count). The highest BCUT2D eigenvalue weighted by molar-refractivity contribution is 5.98. The third-order valence-corrected chi connectivity index (χ3v) is 2.47. The Morgan fingerprint density at radius 1 is 1.47 bits per heavy atom. The Morgan fingerprint density at radius 2 is 2.16 bits per heavy atom. The molecule has 0 saturated carbocycles. The van der Waals surface area contributed by atoms with Crippen LogP contribution in [0.4, 0.5) is 10.1 Å². The summed E-state index contributed by atoms with van der Waals surface area (Å²) in [4.78, 5) is 23.8. The molecule has 7 heteroatoms. The molecule has 0 heterocycles. The molecule has 0 aliphatic carbocycles. The van der Waals surface area contributed by atoms with E-state index in [1.165, 1.54) is 0 Å². The molecule has 0 fully saturated rings. The van der Waals surface area contributed by atoms with Crippen LogP contribution in [0, 0.1) is 15.9 Å². The lowest BCUT2D eigenvalue weighted by Gasteiger charge is -2.10. The van der Waals surface area contributed by atoms with E-state index in [4.69, 9.17) is 0 Å². The van der Waals surface area contributed by atoms with Gasteiger partial charge in [-0.25, -0.2) is 4.39 Å². The van der Waals surface area contributed by atoms with Gasteiger partial charge in [-0.1, -0.05) is 0 Å². The number of halogens is 1. The van der Waals surface area contributed by atoms with E-state index in [1.807, 2.05) is 19.0 Å². The molecular formula is C12H16FN3O3. The first-order valence-corrected chi connectivity index (χ1v) is 5.78. The maximum Gasteiger partial charge on any atom is 0.282 e. The Labute approximate surface area is 110 Å². The predicted molar refractivity (Wildman–Crippen MR) is 68.6 cm³/mol. The monoisotopic (exact) mass is 269 g/mol. The van der Waals surface area contributed by atoms with Gasteiger partial charge in [0, 0.05) is 12.6 Å². The summed E-state index contributed by atoms with van der Waals surface area (Å²) in [6, 6.07) is 2.82. The summed E-state index contributed by atoms with van der Waals surface area (Å²) in [6.07, 6.45) is 0.710. The number of nitrogens with zero attached hydrogens (tertiary/aromatic N) is 2. The van der Waals surface area contributed by atoms with Gasteiger partial charge in [0.15, 0.2) is 0 Å². The molecule has 0 aliphatic heterocycles. The number of benzene rings is 1. The van der Waals surface area contributed by atoms with E-state index in [-0.39, 0.29) is 5.56 Å². The summed E-state index contributed by atoms with van der Waals surface area (Å²) in [5.74, 6) is -1.31. The predicted octanol–water partition coefficient (Wildman–Crippen LogP) is 1.42. The molecule has 0 spiro atoms. The van der Waals surface area contributed by atoms with Crippen molar-refractivity contribution in [1.82, 2.24) is 10.2 Å². The Hall–Kier alpha value is -2.02. The lowest BCUT2D eigenvalue weighted by atomic mass is 10.1. The maximum atomic E-state index is 13.1. The summed E-state index contributed by atoms with van der Waals surface area (Å²) >= 11 is 0. The lowest BCUT2D eigenvalue weighted by Crippen LogP contribution is -2.27. The molecule has 0 radical (unpaired) electrons. The second-order valence-electron chi connectivity index (χ2n) is 4.33. The van der Waals surface area contributed by atoms with Crippen LogP contribution >= 0.6 is 0 Å². The number of nitrogens with one attached hydrogen (secondary N) is 1. The van der Waals surface area contributed by atoms with E-state index in [0.717, 1.165) is 24.7 Å². The van der Waals surface area contributed by atoms with E-state index in [1.54, 1.807) is 0 Å². The van der Waals surface area contributed by atoms with Gasteiger partial charge in [0.25, 0.3) is 11.6 Å². The summed E-state index contributed by atoms with van der Waals surface area (Å²) in [7, 11) is 3.80. The maximum absolute atomic E-state index is 13.1. The van der Waals surface area contributed by atoms with E-state index in [2.05, 4.69) is 5.32 Å². The highest BCUT2D eigenvalue weighted by Crippen LogP contribution is 2.19. The Bertz CT molecular complexity index is 477. The first-order valence-electron chi connectivity index (χ1n) is 5.78. The third-order valence-electron chi connectivity index (χ3n) is 2.47. The Balaban J connectivity index is 2.70. The van der Waals surface area contributed by atoms with Crippen LogP contribution in [0.2, 0.25) is 0 Å². The van der Waals surface area contributed by atoms with Crippen molar-refractivity contribution in [3.63, 3.8) is 0 Å². The van der Waals surface area contributed by atoms with Gasteiger partial charge in [-0.05, 0) is 39.2 Å². The highest BCUT2D eigenvalue weighted by atomic mass is 19.1. The molecule has 0 unspecified atom stereocenters. The van der Waals surface area contributed by atoms with Gasteiger partial charge in [-0.15, -0.1) is 0 Å². The number of rotatable bonds is 6. The summed E-state index contributed by atoms with van der Waals surface area (Å²) < 4.78 is 13.1. The van der Waals surface area contributed by atoms with Crippen LogP contribution in [0.25, 0.3) is 0 Å². The Morgan fingerprint density at radius 3 is 2.74 bits per heavy atom. The fourth-order valence-electron chi connectivity index (χ4n) is 1.54. The van der Waals surface area contributed by atoms with Crippen molar-refractivity contribution in [1.29, 1.82) is 0 Å². The van der Waals surface area contributed by atoms with Crippen molar-refractivity contribution in [2.24, 2.45) is 0 Å². The highest BCUT2D eigenvalue weighted by Gasteiger charge is 2.20. The van der Waals surface area contributed by atoms with E-state index >= 15 is 0 Å². The van der Waals surface area contributed by atoms with Crippen molar-refractivity contribution < 1.29 is 14.1 Å². The van der Waals surface area contributed by atoms with Gasteiger partial charge in [0.05, 0.1) is 4.92 Å². The minimum absolute atomic E-state index is 0.255. The van der Waals surface area contributed by atoms with Gasteiger partial charge in [-0.3, -0.25) is 14.9 Å². The largest absolute Gasteiger partial charge is 0.352 e. The van der Waals surface area contributed by atoms with E-state index < -0.39 is 22.3 Å². The van der Waals surface area contributed by atoms with Crippen LogP contribution in [0.3, 0.4) is 0 Å². The molecule has 1 N–H and O–H groups in total. The van der Waals surface area contributed by atoms with Crippen LogP contribution in [0.15, 0.2) is 18.2 Å². The number of nitro benzene ring substituents is 1. The van der Waals surface area contributed by atoms with Gasteiger partial charge >= 0.3 is 0 Å². The summed E-state index contributed by atoms with van der Waals surface area (Å²) in [5, 5.41) is 13.3. The fraction of sp³-hybridized carbons (Fsp3) is 0.417. The van der Waals surface area contributed by atoms with Gasteiger partial charge < -0.3 is 10.2 Å². The molecular weight excluding hydrogens is 253 g/mol. The SMILES string of the molecule is CN(C)CCCNC(=O)c1cc(F)ccc1[N+](=O)[O-]. The molecule has 1 aromatic carbocycles. The summed E-state index contributed by atoms with van der Waals surface area (Å²) in [5.41, 5.74) is -0.652. The number of amides is 1. The lowest BCUT2D eigenvalue weighted by molar-refractivity contribution is -0.385. The molecule has 1 aromatic rings. The molecule has 0 aromatic heterocycles. The molecule has 0 saturated heterocycles. The average molecular weight is 269 g/mol. The van der Waals surface area contributed by atoms with Gasteiger partial charge in [-0.2, -0.15) is 0 Å². The number of carbonyl (C=O) groups excluding carboxylic acids is 1. The van der Waals surface area contributed by atoms with Crippen LogP contribution in [0.5, 0.6) is 0 Å². The zero-order valence-electron chi connectivity index (χ0n) is 10.9. The molecule has 6 nitrogen and oxygen atoms in total. The Kier molecular flexibility index (Phi) is 5.37. The zero-order chi connectivity index (χ0) is 14.4. The van der Waals surface area contributed by atoms with E-state index in [0.29, 0.717) is 13.0 Å². The topological polar surface area (TPSA) is 75.5 Å². The van der Waals surface area contributed by atoms with E-state index in [9.17, 15) is 19.3 Å². The molecule has 19 heavy (non-hydrogen) atoms. The second kappa shape index (κ2) is 6.79. The molecule has 1 amide bonds. The first kappa shape index (κ1) is 15.0. The fourth-order valence-corrected chi connectivity index (χ4v) is 1.54. The van der Waals surface area contributed by atoms with Crippen LogP contribution in [-0.4, -0.2) is 42.9 Å². The first-order chi connectivity index (χ1) is 8.91. The minimum atomic E-state index is -0.700. The standard InChI is InChI=1S/C12H16FN3O3/c1-15(2)7-3-6-14-12(17)10-8-9(13)4-5-11(10)16(18)19/h4-5,8H,3,6-7H2,1-2H3,(H,14,17). The average Bonchev–Trinajstić information content (AvgIpc) is 2.33. The van der Waals surface area contributed by atoms with Crippen LogP contribution in [-0.2, 0) is 0 Å². The van der Waals surface area contributed by atoms with Crippen LogP contribution < -0.4 is 5.32 Å². The second-order valence-corrected chi connectivity index (χ2v) is 4.33. The van der Waals surface area contributed by atoms with Crippen molar-refractivity contribution in [3.05, 3.63) is 39.7 Å². The third kappa shape index (κ3) is 4.63. The molecule has 0 aliphatic rings. The minimum Gasteiger partial charge on any atom is -0.352 e. The number of hydrogen-bond acceptors (Lipinski definition) is 4. The smallest absolute Gasteiger partial charge is 0.282 e. The molecule has 104 valence electrons. The number of hydrogen-bond donors (Lipinski definition) is 1. The van der Waals surface area contributed by atoms with Gasteiger partial charge in [0.1, 0.15) is 11.4 Å². The normalized spacial score (nSPS) is 10.5.